The number of carbonyl (C=O) groups excluding carboxylic acids is 1. The molecule has 0 aliphatic carbocycles. The van der Waals surface area contributed by atoms with Crippen LogP contribution >= 0.6 is 0 Å². The molecule has 1 aliphatic heterocycles. The van der Waals surface area contributed by atoms with Crippen LogP contribution in [0.3, 0.4) is 0 Å². The van der Waals surface area contributed by atoms with Gasteiger partial charge in [0.25, 0.3) is 0 Å². The summed E-state index contributed by atoms with van der Waals surface area (Å²) in [6.07, 6.45) is -3.12. The van der Waals surface area contributed by atoms with Gasteiger partial charge in [0.1, 0.15) is 0 Å². The molecule has 0 N–H and O–H groups in total. The Morgan fingerprint density at radius 2 is 1.76 bits per heavy atom. The third kappa shape index (κ3) is 5.29. The van der Waals surface area contributed by atoms with Crippen LogP contribution in [0.2, 0.25) is 0 Å². The van der Waals surface area contributed by atoms with Crippen LogP contribution in [-0.2, 0) is 16.2 Å². The summed E-state index contributed by atoms with van der Waals surface area (Å²) in [5.41, 5.74) is -0.158. The molecule has 2 heterocycles. The minimum absolute atomic E-state index is 0.177. The van der Waals surface area contributed by atoms with Crippen molar-refractivity contribution in [2.75, 3.05) is 19.7 Å². The normalized spacial score (nSPS) is 14.6. The maximum absolute atomic E-state index is 13.2. The smallest absolute Gasteiger partial charge is 0.416 e. The fourth-order valence-corrected chi connectivity index (χ4v) is 6.02. The zero-order valence-electron chi connectivity index (χ0n) is 20.5. The van der Waals surface area contributed by atoms with Crippen LogP contribution in [0.4, 0.5) is 18.9 Å². The SMILES string of the molecule is Cc1cc(C(=O)COc2ccc(S(=O)(=O)N3CCCC3)cc2[N+](=O)[O-])c(C)n1-c1cccc(C(F)(F)F)c1. The lowest BCUT2D eigenvalue weighted by molar-refractivity contribution is -0.386. The Balaban J connectivity index is 1.57. The van der Waals surface area contributed by atoms with Gasteiger partial charge in [-0.15, -0.1) is 0 Å². The average Bonchev–Trinajstić information content (AvgIpc) is 3.50. The van der Waals surface area contributed by atoms with Gasteiger partial charge in [-0.2, -0.15) is 17.5 Å². The molecule has 4 rings (SSSR count). The first-order valence-electron chi connectivity index (χ1n) is 11.6. The van der Waals surface area contributed by atoms with Gasteiger partial charge in [-0.1, -0.05) is 6.07 Å². The Labute approximate surface area is 216 Å². The van der Waals surface area contributed by atoms with Gasteiger partial charge in [-0.25, -0.2) is 8.42 Å². The molecule has 1 aliphatic rings. The summed E-state index contributed by atoms with van der Waals surface area (Å²) in [4.78, 5) is 23.6. The van der Waals surface area contributed by atoms with E-state index in [1.165, 1.54) is 33.1 Å². The van der Waals surface area contributed by atoms with E-state index in [1.54, 1.807) is 13.8 Å². The van der Waals surface area contributed by atoms with Crippen molar-refractivity contribution >= 4 is 21.5 Å². The van der Waals surface area contributed by atoms with E-state index >= 15 is 0 Å². The number of alkyl halides is 3. The lowest BCUT2D eigenvalue weighted by Gasteiger charge is -2.16. The number of nitro benzene ring substituents is 1. The number of carbonyl (C=O) groups is 1. The number of Topliss-reactive ketones (excluding diaryl/α,β-unsaturated/α-hetero) is 1. The Bertz CT molecular complexity index is 1510. The van der Waals surface area contributed by atoms with E-state index < -0.39 is 44.8 Å². The summed E-state index contributed by atoms with van der Waals surface area (Å²) in [6.45, 7) is 3.27. The second kappa shape index (κ2) is 10.2. The molecule has 202 valence electrons. The Morgan fingerprint density at radius 3 is 2.39 bits per heavy atom. The number of nitrogens with zero attached hydrogens (tertiary/aromatic N) is 3. The number of aryl methyl sites for hydroxylation is 1. The van der Waals surface area contributed by atoms with Crippen LogP contribution in [0.25, 0.3) is 5.69 Å². The van der Waals surface area contributed by atoms with Gasteiger partial charge in [0.15, 0.2) is 12.4 Å². The van der Waals surface area contributed by atoms with E-state index in [1.807, 2.05) is 0 Å². The summed E-state index contributed by atoms with van der Waals surface area (Å²) in [6, 6.07) is 9.43. The number of hydrogen-bond donors (Lipinski definition) is 0. The number of ketones is 1. The molecule has 0 amide bonds. The number of halogens is 3. The molecule has 3 aromatic rings. The van der Waals surface area contributed by atoms with E-state index in [2.05, 4.69) is 0 Å². The summed E-state index contributed by atoms with van der Waals surface area (Å²) in [5, 5.41) is 11.6. The highest BCUT2D eigenvalue weighted by molar-refractivity contribution is 7.89. The van der Waals surface area contributed by atoms with E-state index in [0.717, 1.165) is 24.3 Å². The first kappa shape index (κ1) is 27.3. The predicted octanol–water partition coefficient (Wildman–Crippen LogP) is 5.07. The molecular formula is C25H24F3N3O6S. The van der Waals surface area contributed by atoms with Gasteiger partial charge in [-0.05, 0) is 63.1 Å². The average molecular weight is 552 g/mol. The minimum Gasteiger partial charge on any atom is -0.478 e. The summed E-state index contributed by atoms with van der Waals surface area (Å²) >= 11 is 0. The highest BCUT2D eigenvalue weighted by atomic mass is 32.2. The second-order valence-corrected chi connectivity index (χ2v) is 10.8. The standard InChI is InChI=1S/C25H24F3N3O6S/c1-16-12-21(17(2)30(16)19-7-5-6-18(13-19)25(26,27)28)23(32)15-37-24-9-8-20(14-22(24)31(33)34)38(35,36)29-10-3-4-11-29/h5-9,12-14H,3-4,10-11,15H2,1-2H3. The van der Waals surface area contributed by atoms with E-state index in [9.17, 15) is 36.5 Å². The van der Waals surface area contributed by atoms with Gasteiger partial charge in [0.2, 0.25) is 15.8 Å². The molecule has 1 aromatic heterocycles. The zero-order chi connectivity index (χ0) is 27.8. The van der Waals surface area contributed by atoms with Crippen LogP contribution in [-0.4, -0.2) is 47.7 Å². The van der Waals surface area contributed by atoms with Gasteiger partial charge < -0.3 is 9.30 Å². The minimum atomic E-state index is -4.53. The number of nitro groups is 1. The Hall–Kier alpha value is -3.71. The molecule has 0 atom stereocenters. The molecule has 0 bridgehead atoms. The lowest BCUT2D eigenvalue weighted by Crippen LogP contribution is -2.27. The maximum atomic E-state index is 13.2. The quantitative estimate of drug-likeness (QED) is 0.220. The second-order valence-electron chi connectivity index (χ2n) is 8.88. The molecule has 0 saturated carbocycles. The molecule has 13 heteroatoms. The predicted molar refractivity (Wildman–Crippen MR) is 131 cm³/mol. The Kier molecular flexibility index (Phi) is 7.35. The first-order chi connectivity index (χ1) is 17.8. The summed E-state index contributed by atoms with van der Waals surface area (Å²) in [5.74, 6) is -0.838. The number of sulfonamides is 1. The molecule has 1 saturated heterocycles. The summed E-state index contributed by atoms with van der Waals surface area (Å²) < 4.78 is 73.3. The van der Waals surface area contributed by atoms with Crippen molar-refractivity contribution in [2.24, 2.45) is 0 Å². The van der Waals surface area contributed by atoms with E-state index in [-0.39, 0.29) is 21.9 Å². The van der Waals surface area contributed by atoms with Gasteiger partial charge in [0, 0.05) is 41.8 Å². The molecule has 1 fully saturated rings. The molecule has 9 nitrogen and oxygen atoms in total. The topological polar surface area (TPSA) is 112 Å². The number of benzene rings is 2. The van der Waals surface area contributed by atoms with Crippen molar-refractivity contribution in [1.29, 1.82) is 0 Å². The fraction of sp³-hybridized carbons (Fsp3) is 0.320. The van der Waals surface area contributed by atoms with Crippen molar-refractivity contribution in [1.82, 2.24) is 8.87 Å². The zero-order valence-corrected chi connectivity index (χ0v) is 21.3. The van der Waals surface area contributed by atoms with E-state index in [4.69, 9.17) is 4.74 Å². The van der Waals surface area contributed by atoms with Gasteiger partial charge >= 0.3 is 11.9 Å². The fourth-order valence-electron chi connectivity index (χ4n) is 4.48. The van der Waals surface area contributed by atoms with Crippen molar-refractivity contribution < 1.29 is 36.0 Å². The largest absolute Gasteiger partial charge is 0.478 e. The summed E-state index contributed by atoms with van der Waals surface area (Å²) in [7, 11) is -3.90. The van der Waals surface area contributed by atoms with Crippen molar-refractivity contribution in [3.63, 3.8) is 0 Å². The Morgan fingerprint density at radius 1 is 1.08 bits per heavy atom. The van der Waals surface area contributed by atoms with Crippen LogP contribution in [0.1, 0.15) is 40.2 Å². The van der Waals surface area contributed by atoms with Gasteiger partial charge in [-0.3, -0.25) is 14.9 Å². The molecule has 38 heavy (non-hydrogen) atoms. The molecule has 2 aromatic carbocycles. The third-order valence-corrected chi connectivity index (χ3v) is 8.25. The number of rotatable bonds is 8. The first-order valence-corrected chi connectivity index (χ1v) is 13.1. The van der Waals surface area contributed by atoms with Gasteiger partial charge in [0.05, 0.1) is 15.4 Å². The number of ether oxygens (including phenoxy) is 1. The van der Waals surface area contributed by atoms with Crippen LogP contribution in [0.15, 0.2) is 53.4 Å². The van der Waals surface area contributed by atoms with Crippen molar-refractivity contribution in [3.05, 3.63) is 81.2 Å². The third-order valence-electron chi connectivity index (χ3n) is 6.35. The lowest BCUT2D eigenvalue weighted by atomic mass is 10.1. The van der Waals surface area contributed by atoms with Crippen molar-refractivity contribution in [3.8, 4) is 11.4 Å². The molecule has 0 radical (unpaired) electrons. The molecule has 0 spiro atoms. The van der Waals surface area contributed by atoms with E-state index in [0.29, 0.717) is 37.3 Å². The number of aromatic nitrogens is 1. The number of hydrogen-bond acceptors (Lipinski definition) is 6. The highest BCUT2D eigenvalue weighted by Crippen LogP contribution is 2.33. The van der Waals surface area contributed by atoms with Crippen LogP contribution in [0, 0.1) is 24.0 Å². The van der Waals surface area contributed by atoms with Crippen LogP contribution in [0.5, 0.6) is 5.75 Å². The van der Waals surface area contributed by atoms with Crippen LogP contribution < -0.4 is 4.74 Å². The van der Waals surface area contributed by atoms with Crippen molar-refractivity contribution in [2.45, 2.75) is 37.8 Å². The monoisotopic (exact) mass is 551 g/mol. The maximum Gasteiger partial charge on any atom is 0.416 e. The molecular weight excluding hydrogens is 527 g/mol. The highest BCUT2D eigenvalue weighted by Gasteiger charge is 2.32. The molecule has 0 unspecified atom stereocenters.